The molecule has 156 valence electrons. The third-order valence-electron chi connectivity index (χ3n) is 4.29. The van der Waals surface area contributed by atoms with Crippen molar-refractivity contribution in [3.63, 3.8) is 0 Å². The van der Waals surface area contributed by atoms with Crippen molar-refractivity contribution in [1.29, 1.82) is 0 Å². The topological polar surface area (TPSA) is 73.9 Å². The number of anilines is 1. The van der Waals surface area contributed by atoms with Crippen LogP contribution in [0, 0.1) is 6.92 Å². The zero-order valence-corrected chi connectivity index (χ0v) is 17.9. The first-order chi connectivity index (χ1) is 14.5. The third kappa shape index (κ3) is 4.99. The van der Waals surface area contributed by atoms with Crippen LogP contribution >= 0.6 is 11.3 Å². The average molecular weight is 426 g/mol. The van der Waals surface area contributed by atoms with Crippen LogP contribution in [0.25, 0.3) is 11.1 Å². The molecule has 0 fully saturated rings. The van der Waals surface area contributed by atoms with E-state index in [2.05, 4.69) is 5.32 Å². The Morgan fingerprint density at radius 1 is 1.03 bits per heavy atom. The van der Waals surface area contributed by atoms with Gasteiger partial charge in [-0.05, 0) is 31.5 Å². The maximum absolute atomic E-state index is 12.7. The number of carbonyl (C=O) groups is 2. The maximum atomic E-state index is 12.7. The van der Waals surface area contributed by atoms with Gasteiger partial charge in [0.25, 0.3) is 5.91 Å². The summed E-state index contributed by atoms with van der Waals surface area (Å²) in [5.74, 6) is 0.315. The van der Waals surface area contributed by atoms with Crippen molar-refractivity contribution in [3.05, 3.63) is 65.0 Å². The van der Waals surface area contributed by atoms with Gasteiger partial charge < -0.3 is 19.5 Å². The summed E-state index contributed by atoms with van der Waals surface area (Å²) >= 11 is 1.34. The smallest absolute Gasteiger partial charge is 0.341 e. The lowest BCUT2D eigenvalue weighted by Gasteiger charge is -2.10. The summed E-state index contributed by atoms with van der Waals surface area (Å²) in [6.45, 7) is 3.71. The number of hydrogen-bond donors (Lipinski definition) is 1. The normalized spacial score (nSPS) is 10.4. The minimum atomic E-state index is -0.468. The molecule has 0 saturated heterocycles. The van der Waals surface area contributed by atoms with E-state index in [1.165, 1.54) is 11.3 Å². The number of rotatable bonds is 8. The Bertz CT molecular complexity index is 1030. The Balaban J connectivity index is 1.82. The Morgan fingerprint density at radius 3 is 2.47 bits per heavy atom. The predicted octanol–water partition coefficient (Wildman–Crippen LogP) is 4.93. The molecule has 0 aliphatic carbocycles. The van der Waals surface area contributed by atoms with E-state index < -0.39 is 5.97 Å². The van der Waals surface area contributed by atoms with Gasteiger partial charge in [0.15, 0.2) is 6.61 Å². The minimum Gasteiger partial charge on any atom is -0.497 e. The highest BCUT2D eigenvalue weighted by atomic mass is 32.1. The zero-order chi connectivity index (χ0) is 21.5. The van der Waals surface area contributed by atoms with Gasteiger partial charge >= 0.3 is 5.97 Å². The van der Waals surface area contributed by atoms with Crippen LogP contribution in [-0.4, -0.2) is 32.2 Å². The van der Waals surface area contributed by atoms with Crippen LogP contribution in [0.3, 0.4) is 0 Å². The Morgan fingerprint density at radius 2 is 1.77 bits per heavy atom. The van der Waals surface area contributed by atoms with Gasteiger partial charge in [-0.25, -0.2) is 4.79 Å². The molecule has 0 bridgehead atoms. The number of thiophene rings is 1. The van der Waals surface area contributed by atoms with E-state index in [-0.39, 0.29) is 19.1 Å². The summed E-state index contributed by atoms with van der Waals surface area (Å²) < 4.78 is 16.0. The molecule has 3 aromatic rings. The first-order valence-electron chi connectivity index (χ1n) is 9.46. The van der Waals surface area contributed by atoms with Gasteiger partial charge in [-0.1, -0.05) is 36.4 Å². The molecular weight excluding hydrogens is 402 g/mol. The Labute approximate surface area is 179 Å². The number of hydrogen-bond acceptors (Lipinski definition) is 6. The first kappa shape index (κ1) is 21.4. The second kappa shape index (κ2) is 9.93. The molecule has 30 heavy (non-hydrogen) atoms. The number of esters is 1. The molecule has 1 amide bonds. The van der Waals surface area contributed by atoms with E-state index in [4.69, 9.17) is 14.2 Å². The van der Waals surface area contributed by atoms with Crippen molar-refractivity contribution < 1.29 is 23.8 Å². The van der Waals surface area contributed by atoms with Crippen molar-refractivity contribution >= 4 is 28.2 Å². The van der Waals surface area contributed by atoms with Crippen LogP contribution in [0.4, 0.5) is 5.00 Å². The molecule has 2 aromatic carbocycles. The van der Waals surface area contributed by atoms with E-state index in [0.29, 0.717) is 22.1 Å². The molecular formula is C23H23NO5S. The highest BCUT2D eigenvalue weighted by Crippen LogP contribution is 2.40. The number of nitrogens with one attached hydrogen (secondary N) is 1. The van der Waals surface area contributed by atoms with Crippen molar-refractivity contribution in [3.8, 4) is 22.6 Å². The number of carbonyl (C=O) groups excluding carboxylic acids is 2. The largest absolute Gasteiger partial charge is 0.497 e. The molecule has 1 N–H and O–H groups in total. The van der Waals surface area contributed by atoms with E-state index >= 15 is 0 Å². The van der Waals surface area contributed by atoms with Crippen molar-refractivity contribution in [1.82, 2.24) is 0 Å². The summed E-state index contributed by atoms with van der Waals surface area (Å²) in [6.07, 6.45) is 0. The molecule has 0 saturated carbocycles. The molecule has 7 heteroatoms. The van der Waals surface area contributed by atoms with Gasteiger partial charge in [0.05, 0.1) is 13.7 Å². The van der Waals surface area contributed by atoms with Crippen LogP contribution in [0.15, 0.2) is 54.6 Å². The second-order valence-corrected chi connectivity index (χ2v) is 7.56. The fraction of sp³-hybridized carbons (Fsp3) is 0.217. The van der Waals surface area contributed by atoms with E-state index in [9.17, 15) is 9.59 Å². The maximum Gasteiger partial charge on any atom is 0.341 e. The number of methoxy groups -OCH3 is 1. The van der Waals surface area contributed by atoms with E-state index in [0.717, 1.165) is 16.0 Å². The molecule has 1 aromatic heterocycles. The molecule has 0 atom stereocenters. The monoisotopic (exact) mass is 425 g/mol. The standard InChI is InChI=1S/C23H23NO5S/c1-4-28-23(26)21-20(16-9-6-5-7-10-16)15(2)30-22(21)24-19(25)14-29-18-12-8-11-17(13-18)27-3/h5-13H,4,14H2,1-3H3,(H,24,25). The van der Waals surface area contributed by atoms with Gasteiger partial charge in [-0.15, -0.1) is 11.3 Å². The third-order valence-corrected chi connectivity index (χ3v) is 5.31. The number of ether oxygens (including phenoxy) is 3. The fourth-order valence-electron chi connectivity index (χ4n) is 2.99. The van der Waals surface area contributed by atoms with Gasteiger partial charge in [-0.3, -0.25) is 4.79 Å². The summed E-state index contributed by atoms with van der Waals surface area (Å²) in [5.41, 5.74) is 2.02. The quantitative estimate of drug-likeness (QED) is 0.518. The van der Waals surface area contributed by atoms with Gasteiger partial charge in [0.2, 0.25) is 0 Å². The van der Waals surface area contributed by atoms with Gasteiger partial charge in [0.1, 0.15) is 22.1 Å². The number of amides is 1. The fourth-order valence-corrected chi connectivity index (χ4v) is 4.07. The van der Waals surface area contributed by atoms with Crippen LogP contribution in [0.1, 0.15) is 22.2 Å². The Hall–Kier alpha value is -3.32. The number of aryl methyl sites for hydroxylation is 1. The highest BCUT2D eigenvalue weighted by Gasteiger charge is 2.25. The lowest BCUT2D eigenvalue weighted by molar-refractivity contribution is -0.118. The molecule has 3 rings (SSSR count). The van der Waals surface area contributed by atoms with Crippen LogP contribution < -0.4 is 14.8 Å². The van der Waals surface area contributed by atoms with Crippen molar-refractivity contribution in [2.45, 2.75) is 13.8 Å². The average Bonchev–Trinajstić information content (AvgIpc) is 3.08. The zero-order valence-electron chi connectivity index (χ0n) is 17.1. The van der Waals surface area contributed by atoms with Crippen LogP contribution in [0.2, 0.25) is 0 Å². The minimum absolute atomic E-state index is 0.201. The molecule has 6 nitrogen and oxygen atoms in total. The summed E-state index contributed by atoms with van der Waals surface area (Å²) in [5, 5.41) is 3.25. The second-order valence-electron chi connectivity index (χ2n) is 6.34. The molecule has 0 aliphatic heterocycles. The van der Waals surface area contributed by atoms with Crippen LogP contribution in [-0.2, 0) is 9.53 Å². The van der Waals surface area contributed by atoms with Crippen LogP contribution in [0.5, 0.6) is 11.5 Å². The first-order valence-corrected chi connectivity index (χ1v) is 10.3. The lowest BCUT2D eigenvalue weighted by Crippen LogP contribution is -2.21. The predicted molar refractivity (Wildman–Crippen MR) is 118 cm³/mol. The summed E-state index contributed by atoms with van der Waals surface area (Å²) in [4.78, 5) is 26.1. The lowest BCUT2D eigenvalue weighted by atomic mass is 10.0. The molecule has 1 heterocycles. The molecule has 0 spiro atoms. The SMILES string of the molecule is CCOC(=O)c1c(NC(=O)COc2cccc(OC)c2)sc(C)c1-c1ccccc1. The van der Waals surface area contributed by atoms with E-state index in [1.807, 2.05) is 37.3 Å². The molecule has 0 aliphatic rings. The van der Waals surface area contributed by atoms with E-state index in [1.54, 1.807) is 38.3 Å². The van der Waals surface area contributed by atoms with Crippen molar-refractivity contribution in [2.24, 2.45) is 0 Å². The highest BCUT2D eigenvalue weighted by molar-refractivity contribution is 7.17. The van der Waals surface area contributed by atoms with Crippen molar-refractivity contribution in [2.75, 3.05) is 25.6 Å². The van der Waals surface area contributed by atoms with Gasteiger partial charge in [-0.2, -0.15) is 0 Å². The molecule has 0 radical (unpaired) electrons. The van der Waals surface area contributed by atoms with Gasteiger partial charge in [0, 0.05) is 16.5 Å². The number of benzene rings is 2. The summed E-state index contributed by atoms with van der Waals surface area (Å²) in [7, 11) is 1.56. The summed E-state index contributed by atoms with van der Waals surface area (Å²) in [6, 6.07) is 16.6. The Kier molecular flexibility index (Phi) is 7.08. The molecule has 0 unspecified atom stereocenters.